The Morgan fingerprint density at radius 2 is 1.83 bits per heavy atom. The molecule has 2 rings (SSSR count). The van der Waals surface area contributed by atoms with Gasteiger partial charge in [0.05, 0.1) is 0 Å². The van der Waals surface area contributed by atoms with Crippen LogP contribution < -0.4 is 10.1 Å². The summed E-state index contributed by atoms with van der Waals surface area (Å²) in [6.45, 7) is -1.28. The Labute approximate surface area is 139 Å². The standard InChI is InChI=1S/C18H20F3NO2/c1-12(15-8-7-14(19)11-17(15)24-18(20)21)22-16(9-10-23)13-5-3-2-4-6-13/h2-8,11-12,16,18,22-23H,9-10H2,1H3/t12?,16-/m1/s1. The Morgan fingerprint density at radius 1 is 1.12 bits per heavy atom. The molecule has 0 saturated carbocycles. The third-order valence-corrected chi connectivity index (χ3v) is 3.73. The van der Waals surface area contributed by atoms with Gasteiger partial charge in [-0.15, -0.1) is 0 Å². The number of nitrogens with one attached hydrogen (secondary N) is 1. The van der Waals surface area contributed by atoms with Crippen LogP contribution in [0.3, 0.4) is 0 Å². The first-order valence-corrected chi connectivity index (χ1v) is 7.67. The molecule has 1 unspecified atom stereocenters. The summed E-state index contributed by atoms with van der Waals surface area (Å²) in [4.78, 5) is 0. The number of hydrogen-bond donors (Lipinski definition) is 2. The Balaban J connectivity index is 2.22. The molecule has 0 fully saturated rings. The van der Waals surface area contributed by atoms with E-state index in [1.54, 1.807) is 6.92 Å². The Bertz CT molecular complexity index is 637. The molecule has 24 heavy (non-hydrogen) atoms. The van der Waals surface area contributed by atoms with E-state index in [-0.39, 0.29) is 24.4 Å². The van der Waals surface area contributed by atoms with Gasteiger partial charge < -0.3 is 15.2 Å². The molecule has 2 atom stereocenters. The second-order valence-corrected chi connectivity index (χ2v) is 5.42. The topological polar surface area (TPSA) is 41.5 Å². The van der Waals surface area contributed by atoms with Crippen LogP contribution >= 0.6 is 0 Å². The molecule has 2 aromatic rings. The van der Waals surface area contributed by atoms with Gasteiger partial charge in [0.15, 0.2) is 0 Å². The molecule has 0 aliphatic carbocycles. The number of aliphatic hydroxyl groups excluding tert-OH is 1. The fraction of sp³-hybridized carbons (Fsp3) is 0.333. The minimum atomic E-state index is -3.03. The lowest BCUT2D eigenvalue weighted by molar-refractivity contribution is -0.0508. The maximum Gasteiger partial charge on any atom is 0.387 e. The summed E-state index contributed by atoms with van der Waals surface area (Å²) in [5, 5.41) is 12.6. The highest BCUT2D eigenvalue weighted by atomic mass is 19.3. The molecule has 6 heteroatoms. The molecule has 3 nitrogen and oxygen atoms in total. The molecule has 0 aliphatic heterocycles. The zero-order valence-corrected chi connectivity index (χ0v) is 13.3. The van der Waals surface area contributed by atoms with Crippen LogP contribution in [0.2, 0.25) is 0 Å². The molecule has 0 aliphatic rings. The van der Waals surface area contributed by atoms with Gasteiger partial charge in [0.25, 0.3) is 0 Å². The van der Waals surface area contributed by atoms with Crippen LogP contribution in [0, 0.1) is 5.82 Å². The van der Waals surface area contributed by atoms with E-state index >= 15 is 0 Å². The van der Waals surface area contributed by atoms with Crippen molar-refractivity contribution in [2.24, 2.45) is 0 Å². The molecule has 0 aromatic heterocycles. The fourth-order valence-electron chi connectivity index (χ4n) is 2.62. The summed E-state index contributed by atoms with van der Waals surface area (Å²) < 4.78 is 42.9. The van der Waals surface area contributed by atoms with Gasteiger partial charge in [0.1, 0.15) is 11.6 Å². The predicted octanol–water partition coefficient (Wildman–Crippen LogP) is 4.20. The SMILES string of the molecule is CC(N[C@H](CCO)c1ccccc1)c1ccc(F)cc1OC(F)F. The second-order valence-electron chi connectivity index (χ2n) is 5.42. The van der Waals surface area contributed by atoms with Gasteiger partial charge in [-0.05, 0) is 25.0 Å². The zero-order chi connectivity index (χ0) is 17.5. The third kappa shape index (κ3) is 4.97. The summed E-state index contributed by atoms with van der Waals surface area (Å²) in [5.74, 6) is -0.836. The zero-order valence-electron chi connectivity index (χ0n) is 13.3. The lowest BCUT2D eigenvalue weighted by Gasteiger charge is -2.25. The van der Waals surface area contributed by atoms with Crippen molar-refractivity contribution in [2.75, 3.05) is 6.61 Å². The second kappa shape index (κ2) is 8.70. The largest absolute Gasteiger partial charge is 0.434 e. The van der Waals surface area contributed by atoms with Crippen LogP contribution in [-0.2, 0) is 0 Å². The summed E-state index contributed by atoms with van der Waals surface area (Å²) in [5.41, 5.74) is 1.40. The van der Waals surface area contributed by atoms with Gasteiger partial charge in [-0.2, -0.15) is 8.78 Å². The van der Waals surface area contributed by atoms with Gasteiger partial charge in [0.2, 0.25) is 0 Å². The molecule has 0 bridgehead atoms. The van der Waals surface area contributed by atoms with Gasteiger partial charge >= 0.3 is 6.61 Å². The summed E-state index contributed by atoms with van der Waals surface area (Å²) in [6.07, 6.45) is 0.459. The molecule has 2 N–H and O–H groups in total. The highest BCUT2D eigenvalue weighted by Gasteiger charge is 2.19. The highest BCUT2D eigenvalue weighted by Crippen LogP contribution is 2.30. The highest BCUT2D eigenvalue weighted by molar-refractivity contribution is 5.36. The molecule has 130 valence electrons. The molecule has 0 heterocycles. The quantitative estimate of drug-likeness (QED) is 0.757. The number of halogens is 3. The smallest absolute Gasteiger partial charge is 0.387 e. The van der Waals surface area contributed by atoms with Gasteiger partial charge in [-0.25, -0.2) is 4.39 Å². The van der Waals surface area contributed by atoms with Crippen molar-refractivity contribution in [2.45, 2.75) is 32.0 Å². The molecule has 2 aromatic carbocycles. The van der Waals surface area contributed by atoms with Crippen LogP contribution in [0.5, 0.6) is 5.75 Å². The monoisotopic (exact) mass is 339 g/mol. The average Bonchev–Trinajstić information content (AvgIpc) is 2.54. The molecule has 0 amide bonds. The first kappa shape index (κ1) is 18.3. The van der Waals surface area contributed by atoms with Gasteiger partial charge in [-0.1, -0.05) is 36.4 Å². The first-order valence-electron chi connectivity index (χ1n) is 7.67. The van der Waals surface area contributed by atoms with E-state index in [9.17, 15) is 18.3 Å². The lowest BCUT2D eigenvalue weighted by Crippen LogP contribution is -2.26. The number of hydrogen-bond acceptors (Lipinski definition) is 3. The van der Waals surface area contributed by atoms with Crippen molar-refractivity contribution in [3.63, 3.8) is 0 Å². The molecular weight excluding hydrogens is 319 g/mol. The summed E-state index contributed by atoms with van der Waals surface area (Å²) >= 11 is 0. The molecule has 0 spiro atoms. The number of rotatable bonds is 8. The van der Waals surface area contributed by atoms with Crippen LogP contribution in [0.25, 0.3) is 0 Å². The van der Waals surface area contributed by atoms with Crippen LogP contribution in [0.1, 0.15) is 36.6 Å². The number of ether oxygens (including phenoxy) is 1. The van der Waals surface area contributed by atoms with Crippen molar-refractivity contribution in [1.29, 1.82) is 0 Å². The van der Waals surface area contributed by atoms with Crippen LogP contribution in [-0.4, -0.2) is 18.3 Å². The van der Waals surface area contributed by atoms with E-state index in [0.717, 1.165) is 11.6 Å². The molecular formula is C18H20F3NO2. The maximum atomic E-state index is 13.3. The predicted molar refractivity (Wildman–Crippen MR) is 85.5 cm³/mol. The van der Waals surface area contributed by atoms with Gasteiger partial charge in [0, 0.05) is 30.3 Å². The molecule has 0 saturated heterocycles. The average molecular weight is 339 g/mol. The van der Waals surface area contributed by atoms with Crippen molar-refractivity contribution in [3.8, 4) is 5.75 Å². The van der Waals surface area contributed by atoms with Crippen molar-refractivity contribution in [3.05, 3.63) is 65.5 Å². The fourth-order valence-corrected chi connectivity index (χ4v) is 2.62. The van der Waals surface area contributed by atoms with E-state index in [1.165, 1.54) is 12.1 Å². The normalized spacial score (nSPS) is 13.8. The van der Waals surface area contributed by atoms with Crippen LogP contribution in [0.15, 0.2) is 48.5 Å². The Kier molecular flexibility index (Phi) is 6.63. The lowest BCUT2D eigenvalue weighted by atomic mass is 10.0. The van der Waals surface area contributed by atoms with Gasteiger partial charge in [-0.3, -0.25) is 0 Å². The minimum Gasteiger partial charge on any atom is -0.434 e. The number of alkyl halides is 2. The summed E-state index contributed by atoms with van der Waals surface area (Å²) in [7, 11) is 0. The van der Waals surface area contributed by atoms with E-state index < -0.39 is 12.4 Å². The van der Waals surface area contributed by atoms with Crippen molar-refractivity contribution >= 4 is 0 Å². The first-order chi connectivity index (χ1) is 11.5. The maximum absolute atomic E-state index is 13.3. The van der Waals surface area contributed by atoms with E-state index in [1.807, 2.05) is 30.3 Å². The Hall–Kier alpha value is -2.05. The summed E-state index contributed by atoms with van der Waals surface area (Å²) in [6, 6.07) is 12.5. The Morgan fingerprint density at radius 3 is 2.46 bits per heavy atom. The van der Waals surface area contributed by atoms with Crippen molar-refractivity contribution < 1.29 is 23.0 Å². The third-order valence-electron chi connectivity index (χ3n) is 3.73. The van der Waals surface area contributed by atoms with E-state index in [4.69, 9.17) is 0 Å². The van der Waals surface area contributed by atoms with E-state index in [2.05, 4.69) is 10.1 Å². The van der Waals surface area contributed by atoms with Crippen molar-refractivity contribution in [1.82, 2.24) is 5.32 Å². The van der Waals surface area contributed by atoms with Crippen LogP contribution in [0.4, 0.5) is 13.2 Å². The minimum absolute atomic E-state index is 0.0247. The number of aliphatic hydroxyl groups is 1. The number of benzene rings is 2. The molecule has 0 radical (unpaired) electrons. The van der Waals surface area contributed by atoms with E-state index in [0.29, 0.717) is 12.0 Å².